The molecule has 0 radical (unpaired) electrons. The first-order valence-corrected chi connectivity index (χ1v) is 9.95. The molecular formula is C19H27N7O3. The molecule has 0 saturated carbocycles. The minimum Gasteiger partial charge on any atom is -0.384 e. The highest BCUT2D eigenvalue weighted by molar-refractivity contribution is 5.92. The third-order valence-corrected chi connectivity index (χ3v) is 5.39. The van der Waals surface area contributed by atoms with Crippen molar-refractivity contribution in [3.8, 4) is 0 Å². The van der Waals surface area contributed by atoms with Crippen LogP contribution in [-0.4, -0.2) is 79.8 Å². The second-order valence-corrected chi connectivity index (χ2v) is 7.67. The lowest BCUT2D eigenvalue weighted by molar-refractivity contribution is -0.132. The van der Waals surface area contributed by atoms with Crippen LogP contribution in [0.4, 0.5) is 5.82 Å². The summed E-state index contributed by atoms with van der Waals surface area (Å²) < 4.78 is 9.02. The van der Waals surface area contributed by atoms with Gasteiger partial charge in [-0.1, -0.05) is 0 Å². The Bertz CT molecular complexity index is 894. The zero-order chi connectivity index (χ0) is 20.5. The zero-order valence-electron chi connectivity index (χ0n) is 16.9. The van der Waals surface area contributed by atoms with E-state index < -0.39 is 0 Å². The topological polar surface area (TPSA) is 112 Å². The lowest BCUT2D eigenvalue weighted by Gasteiger charge is -2.30. The van der Waals surface area contributed by atoms with Crippen LogP contribution in [0.5, 0.6) is 0 Å². The Kier molecular flexibility index (Phi) is 5.27. The zero-order valence-corrected chi connectivity index (χ0v) is 16.9. The Morgan fingerprint density at radius 2 is 2.07 bits per heavy atom. The highest BCUT2D eigenvalue weighted by atomic mass is 16.5. The first-order chi connectivity index (χ1) is 13.9. The fourth-order valence-corrected chi connectivity index (χ4v) is 3.86. The molecule has 2 aromatic heterocycles. The molecule has 2 aromatic rings. The van der Waals surface area contributed by atoms with E-state index in [4.69, 9.17) is 10.5 Å². The van der Waals surface area contributed by atoms with Gasteiger partial charge in [-0.05, 0) is 13.8 Å². The van der Waals surface area contributed by atoms with Crippen molar-refractivity contribution < 1.29 is 14.3 Å². The van der Waals surface area contributed by atoms with E-state index in [1.54, 1.807) is 22.1 Å². The molecular weight excluding hydrogens is 374 g/mol. The van der Waals surface area contributed by atoms with Gasteiger partial charge in [-0.2, -0.15) is 5.10 Å². The second-order valence-electron chi connectivity index (χ2n) is 7.67. The molecule has 2 N–H and O–H groups in total. The molecule has 156 valence electrons. The van der Waals surface area contributed by atoms with Gasteiger partial charge in [-0.25, -0.2) is 9.67 Å². The Balaban J connectivity index is 1.39. The van der Waals surface area contributed by atoms with E-state index >= 15 is 0 Å². The number of carbonyl (C=O) groups is 2. The number of rotatable bonds is 3. The van der Waals surface area contributed by atoms with Crippen molar-refractivity contribution in [2.45, 2.75) is 39.5 Å². The third kappa shape index (κ3) is 4.12. The van der Waals surface area contributed by atoms with E-state index in [-0.39, 0.29) is 24.5 Å². The molecule has 4 heterocycles. The van der Waals surface area contributed by atoms with Crippen LogP contribution in [0.15, 0.2) is 12.3 Å². The van der Waals surface area contributed by atoms with Crippen molar-refractivity contribution in [1.82, 2.24) is 29.1 Å². The highest BCUT2D eigenvalue weighted by Gasteiger charge is 2.27. The predicted molar refractivity (Wildman–Crippen MR) is 105 cm³/mol. The Morgan fingerprint density at radius 3 is 2.79 bits per heavy atom. The van der Waals surface area contributed by atoms with E-state index in [0.717, 1.165) is 11.5 Å². The molecule has 0 aromatic carbocycles. The van der Waals surface area contributed by atoms with Crippen molar-refractivity contribution in [2.75, 3.05) is 38.5 Å². The van der Waals surface area contributed by atoms with Gasteiger partial charge < -0.3 is 24.8 Å². The number of hydrogen-bond donors (Lipinski definition) is 1. The average molecular weight is 401 g/mol. The SMILES string of the molecule is Cc1cc(N)n(CC(=O)N2CCc3nc(C(=O)N4CCOC(C)C4)cn3CC2)n1. The van der Waals surface area contributed by atoms with Gasteiger partial charge in [-0.3, -0.25) is 9.59 Å². The van der Waals surface area contributed by atoms with E-state index in [2.05, 4.69) is 10.1 Å². The fraction of sp³-hybridized carbons (Fsp3) is 0.579. The summed E-state index contributed by atoms with van der Waals surface area (Å²) in [5.74, 6) is 1.24. The molecule has 1 atom stereocenters. The number of nitrogen functional groups attached to an aromatic ring is 1. The van der Waals surface area contributed by atoms with Crippen molar-refractivity contribution >= 4 is 17.6 Å². The Morgan fingerprint density at radius 1 is 1.24 bits per heavy atom. The van der Waals surface area contributed by atoms with Gasteiger partial charge in [0, 0.05) is 51.4 Å². The summed E-state index contributed by atoms with van der Waals surface area (Å²) in [7, 11) is 0. The summed E-state index contributed by atoms with van der Waals surface area (Å²) in [5, 5.41) is 4.25. The van der Waals surface area contributed by atoms with E-state index in [1.807, 2.05) is 18.4 Å². The highest BCUT2D eigenvalue weighted by Crippen LogP contribution is 2.15. The standard InChI is InChI=1S/C19H27N7O3/c1-13-9-16(20)26(22-13)12-18(27)23-4-3-17-21-15(11-24(17)6-5-23)19(28)25-7-8-29-14(2)10-25/h9,11,14H,3-8,10,12,20H2,1-2H3. The number of nitrogens with zero attached hydrogens (tertiary/aromatic N) is 6. The number of aryl methyl sites for hydroxylation is 1. The van der Waals surface area contributed by atoms with E-state index in [0.29, 0.717) is 57.3 Å². The van der Waals surface area contributed by atoms with Gasteiger partial charge in [-0.15, -0.1) is 0 Å². The van der Waals surface area contributed by atoms with Crippen molar-refractivity contribution in [1.29, 1.82) is 0 Å². The van der Waals surface area contributed by atoms with Crippen LogP contribution >= 0.6 is 0 Å². The molecule has 29 heavy (non-hydrogen) atoms. The summed E-state index contributed by atoms with van der Waals surface area (Å²) in [5.41, 5.74) is 7.15. The predicted octanol–water partition coefficient (Wildman–Crippen LogP) is -0.0840. The van der Waals surface area contributed by atoms with Gasteiger partial charge >= 0.3 is 0 Å². The summed E-state index contributed by atoms with van der Waals surface area (Å²) in [4.78, 5) is 33.6. The molecule has 2 aliphatic rings. The maximum Gasteiger partial charge on any atom is 0.274 e. The summed E-state index contributed by atoms with van der Waals surface area (Å²) >= 11 is 0. The maximum absolute atomic E-state index is 12.8. The molecule has 10 heteroatoms. The lowest BCUT2D eigenvalue weighted by Crippen LogP contribution is -2.44. The number of carbonyl (C=O) groups excluding carboxylic acids is 2. The number of morpholine rings is 1. The molecule has 4 rings (SSSR count). The van der Waals surface area contributed by atoms with Crippen LogP contribution in [0.2, 0.25) is 0 Å². The molecule has 0 spiro atoms. The molecule has 1 fully saturated rings. The lowest BCUT2D eigenvalue weighted by atomic mass is 10.2. The first-order valence-electron chi connectivity index (χ1n) is 9.95. The second kappa shape index (κ2) is 7.86. The minimum absolute atomic E-state index is 0.0239. The van der Waals surface area contributed by atoms with Crippen LogP contribution in [0.3, 0.4) is 0 Å². The van der Waals surface area contributed by atoms with Crippen LogP contribution in [0.1, 0.15) is 28.9 Å². The molecule has 0 aliphatic carbocycles. The quantitative estimate of drug-likeness (QED) is 0.770. The summed E-state index contributed by atoms with van der Waals surface area (Å²) in [6, 6.07) is 1.75. The van der Waals surface area contributed by atoms with Crippen molar-refractivity contribution in [3.63, 3.8) is 0 Å². The van der Waals surface area contributed by atoms with Gasteiger partial charge in [0.15, 0.2) is 0 Å². The number of imidazole rings is 1. The number of fused-ring (bicyclic) bond motifs is 1. The molecule has 2 amide bonds. The monoisotopic (exact) mass is 401 g/mol. The van der Waals surface area contributed by atoms with Crippen LogP contribution < -0.4 is 5.73 Å². The molecule has 10 nitrogen and oxygen atoms in total. The average Bonchev–Trinajstić information content (AvgIpc) is 3.16. The number of anilines is 1. The van der Waals surface area contributed by atoms with Crippen molar-refractivity contribution in [3.05, 3.63) is 29.5 Å². The van der Waals surface area contributed by atoms with E-state index in [1.165, 1.54) is 4.68 Å². The number of aromatic nitrogens is 4. The minimum atomic E-state index is -0.0572. The van der Waals surface area contributed by atoms with Crippen LogP contribution in [0, 0.1) is 6.92 Å². The molecule has 1 unspecified atom stereocenters. The van der Waals surface area contributed by atoms with Gasteiger partial charge in [0.25, 0.3) is 5.91 Å². The number of nitrogens with two attached hydrogens (primary N) is 1. The van der Waals surface area contributed by atoms with E-state index in [9.17, 15) is 9.59 Å². The summed E-state index contributed by atoms with van der Waals surface area (Å²) in [6.07, 6.45) is 2.45. The van der Waals surface area contributed by atoms with Crippen molar-refractivity contribution in [2.24, 2.45) is 0 Å². The largest absolute Gasteiger partial charge is 0.384 e. The van der Waals surface area contributed by atoms with Gasteiger partial charge in [0.2, 0.25) is 5.91 Å². The third-order valence-electron chi connectivity index (χ3n) is 5.39. The van der Waals surface area contributed by atoms with Gasteiger partial charge in [0.05, 0.1) is 18.4 Å². The van der Waals surface area contributed by atoms with Crippen LogP contribution in [0.25, 0.3) is 0 Å². The normalized spacial score (nSPS) is 19.7. The van der Waals surface area contributed by atoms with Gasteiger partial charge in [0.1, 0.15) is 23.9 Å². The Labute approximate surface area is 169 Å². The smallest absolute Gasteiger partial charge is 0.274 e. The number of hydrogen-bond acceptors (Lipinski definition) is 6. The first kappa shape index (κ1) is 19.4. The molecule has 1 saturated heterocycles. The van der Waals surface area contributed by atoms with Crippen LogP contribution in [-0.2, 0) is 29.0 Å². The summed E-state index contributed by atoms with van der Waals surface area (Å²) in [6.45, 7) is 7.38. The number of ether oxygens (including phenoxy) is 1. The maximum atomic E-state index is 12.8. The fourth-order valence-electron chi connectivity index (χ4n) is 3.86. The molecule has 2 aliphatic heterocycles. The Hall–Kier alpha value is -2.88. The molecule has 0 bridgehead atoms. The number of amides is 2.